The number of benzene rings is 1. The fraction of sp³-hybridized carbons (Fsp3) is 0.182. The molecule has 0 aliphatic heterocycles. The maximum absolute atomic E-state index is 11.3. The molecule has 0 aliphatic rings. The van der Waals surface area contributed by atoms with Gasteiger partial charge in [-0.3, -0.25) is 0 Å². The van der Waals surface area contributed by atoms with Crippen molar-refractivity contribution < 1.29 is 14.6 Å². The number of hydrogen-bond donors (Lipinski definition) is 2. The molecule has 0 radical (unpaired) electrons. The highest BCUT2D eigenvalue weighted by Crippen LogP contribution is 2.18. The van der Waals surface area contributed by atoms with E-state index in [-0.39, 0.29) is 0 Å². The number of esters is 1. The zero-order valence-corrected chi connectivity index (χ0v) is 8.22. The van der Waals surface area contributed by atoms with E-state index < -0.39 is 18.6 Å². The van der Waals surface area contributed by atoms with Gasteiger partial charge in [0.05, 0.1) is 6.61 Å². The van der Waals surface area contributed by atoms with Crippen LogP contribution < -0.4 is 10.5 Å². The van der Waals surface area contributed by atoms with Crippen molar-refractivity contribution in [3.8, 4) is 5.75 Å². The van der Waals surface area contributed by atoms with Crippen molar-refractivity contribution in [3.63, 3.8) is 0 Å². The van der Waals surface area contributed by atoms with Gasteiger partial charge in [0.25, 0.3) is 0 Å². The smallest absolute Gasteiger partial charge is 0.330 e. The molecular formula is C11H13NO3. The van der Waals surface area contributed by atoms with Gasteiger partial charge < -0.3 is 15.6 Å². The van der Waals surface area contributed by atoms with Gasteiger partial charge in [-0.1, -0.05) is 30.9 Å². The summed E-state index contributed by atoms with van der Waals surface area (Å²) >= 11 is 0. The number of aliphatic hydroxyl groups excluding tert-OH is 1. The van der Waals surface area contributed by atoms with Gasteiger partial charge in [-0.15, -0.1) is 0 Å². The Hall–Kier alpha value is -1.65. The molecule has 0 bridgehead atoms. The summed E-state index contributed by atoms with van der Waals surface area (Å²) in [6.07, 6.45) is 1.58. The summed E-state index contributed by atoms with van der Waals surface area (Å²) in [5, 5.41) is 8.66. The number of rotatable bonds is 4. The Labute approximate surface area is 88.0 Å². The Morgan fingerprint density at radius 2 is 2.27 bits per heavy atom. The summed E-state index contributed by atoms with van der Waals surface area (Å²) in [5.74, 6) is -0.270. The molecule has 3 N–H and O–H groups in total. The van der Waals surface area contributed by atoms with Crippen LogP contribution in [0.15, 0.2) is 30.8 Å². The molecule has 0 spiro atoms. The predicted molar refractivity (Wildman–Crippen MR) is 57.2 cm³/mol. The van der Waals surface area contributed by atoms with Gasteiger partial charge in [0.1, 0.15) is 11.8 Å². The number of para-hydroxylation sites is 1. The molecule has 1 atom stereocenters. The number of carbonyl (C=O) groups is 1. The van der Waals surface area contributed by atoms with Crippen molar-refractivity contribution in [1.29, 1.82) is 0 Å². The third-order valence-electron chi connectivity index (χ3n) is 1.85. The topological polar surface area (TPSA) is 72.5 Å². The molecular weight excluding hydrogens is 194 g/mol. The molecule has 80 valence electrons. The van der Waals surface area contributed by atoms with Crippen LogP contribution in [0, 0.1) is 0 Å². The molecule has 1 aromatic carbocycles. The zero-order chi connectivity index (χ0) is 11.3. The summed E-state index contributed by atoms with van der Waals surface area (Å²) in [7, 11) is 0. The summed E-state index contributed by atoms with van der Waals surface area (Å²) < 4.78 is 4.99. The lowest BCUT2D eigenvalue weighted by Gasteiger charge is -2.10. The van der Waals surface area contributed by atoms with Crippen molar-refractivity contribution in [3.05, 3.63) is 36.4 Å². The Bertz CT molecular complexity index is 363. The Morgan fingerprint density at radius 3 is 2.87 bits per heavy atom. The van der Waals surface area contributed by atoms with Crippen LogP contribution in [-0.4, -0.2) is 23.7 Å². The second kappa shape index (κ2) is 5.29. The summed E-state index contributed by atoms with van der Waals surface area (Å²) in [6, 6.07) is 5.93. The molecule has 4 heteroatoms. The normalized spacial score (nSPS) is 11.9. The summed E-state index contributed by atoms with van der Waals surface area (Å²) in [6.45, 7) is 3.16. The first-order valence-corrected chi connectivity index (χ1v) is 4.48. The maximum Gasteiger partial charge on any atom is 0.330 e. The van der Waals surface area contributed by atoms with Crippen LogP contribution in [0.4, 0.5) is 0 Å². The van der Waals surface area contributed by atoms with E-state index in [0.717, 1.165) is 0 Å². The molecule has 0 saturated carbocycles. The number of nitrogens with two attached hydrogens (primary N) is 1. The van der Waals surface area contributed by atoms with Crippen molar-refractivity contribution in [2.24, 2.45) is 5.73 Å². The minimum Gasteiger partial charge on any atom is -0.425 e. The second-order valence-corrected chi connectivity index (χ2v) is 2.95. The first kappa shape index (κ1) is 11.4. The van der Waals surface area contributed by atoms with Crippen LogP contribution in [0.1, 0.15) is 5.56 Å². The highest BCUT2D eigenvalue weighted by atomic mass is 16.5. The molecule has 1 rings (SSSR count). The molecule has 0 heterocycles. The van der Waals surface area contributed by atoms with Crippen molar-refractivity contribution in [2.45, 2.75) is 6.04 Å². The van der Waals surface area contributed by atoms with E-state index in [9.17, 15) is 4.79 Å². The minimum atomic E-state index is -1.01. The molecule has 1 aromatic rings. The highest BCUT2D eigenvalue weighted by molar-refractivity contribution is 5.79. The van der Waals surface area contributed by atoms with Gasteiger partial charge in [-0.25, -0.2) is 4.79 Å². The van der Waals surface area contributed by atoms with Crippen LogP contribution in [-0.2, 0) is 4.79 Å². The van der Waals surface area contributed by atoms with Gasteiger partial charge in [0, 0.05) is 5.56 Å². The molecule has 15 heavy (non-hydrogen) atoms. The van der Waals surface area contributed by atoms with Crippen LogP contribution in [0.2, 0.25) is 0 Å². The molecule has 4 nitrogen and oxygen atoms in total. The average Bonchev–Trinajstić information content (AvgIpc) is 2.28. The number of carbonyl (C=O) groups excluding carboxylic acids is 1. The molecule has 0 aliphatic carbocycles. The van der Waals surface area contributed by atoms with Gasteiger partial charge in [0.2, 0.25) is 0 Å². The van der Waals surface area contributed by atoms with Crippen molar-refractivity contribution >= 4 is 12.0 Å². The van der Waals surface area contributed by atoms with Crippen LogP contribution in [0.3, 0.4) is 0 Å². The minimum absolute atomic E-state index is 0.390. The van der Waals surface area contributed by atoms with Crippen molar-refractivity contribution in [2.75, 3.05) is 6.61 Å². The van der Waals surface area contributed by atoms with Gasteiger partial charge in [0.15, 0.2) is 0 Å². The van der Waals surface area contributed by atoms with Crippen LogP contribution >= 0.6 is 0 Å². The van der Waals surface area contributed by atoms with E-state index in [4.69, 9.17) is 15.6 Å². The lowest BCUT2D eigenvalue weighted by atomic mass is 10.2. The monoisotopic (exact) mass is 207 g/mol. The standard InChI is InChI=1S/C11H13NO3/c1-2-8-5-3-4-6-10(8)15-11(14)9(12)7-13/h2-6,9,13H,1,7,12H2/t9-/m0/s1. The van der Waals surface area contributed by atoms with E-state index in [2.05, 4.69) is 6.58 Å². The Balaban J connectivity index is 2.80. The highest BCUT2D eigenvalue weighted by Gasteiger charge is 2.15. The fourth-order valence-electron chi connectivity index (χ4n) is 1.00. The largest absolute Gasteiger partial charge is 0.425 e. The van der Waals surface area contributed by atoms with Gasteiger partial charge in [-0.2, -0.15) is 0 Å². The number of hydrogen-bond acceptors (Lipinski definition) is 4. The molecule has 0 fully saturated rings. The second-order valence-electron chi connectivity index (χ2n) is 2.95. The summed E-state index contributed by atoms with van der Waals surface area (Å²) in [5.41, 5.74) is 6.01. The molecule has 0 saturated heterocycles. The van der Waals surface area contributed by atoms with Crippen LogP contribution in [0.5, 0.6) is 5.75 Å². The van der Waals surface area contributed by atoms with E-state index in [0.29, 0.717) is 11.3 Å². The lowest BCUT2D eigenvalue weighted by Crippen LogP contribution is -2.37. The summed E-state index contributed by atoms with van der Waals surface area (Å²) in [4.78, 5) is 11.3. The average molecular weight is 207 g/mol. The Morgan fingerprint density at radius 1 is 1.60 bits per heavy atom. The lowest BCUT2D eigenvalue weighted by molar-refractivity contribution is -0.136. The van der Waals surface area contributed by atoms with Crippen LogP contribution in [0.25, 0.3) is 6.08 Å². The van der Waals surface area contributed by atoms with E-state index in [1.54, 1.807) is 30.3 Å². The van der Waals surface area contributed by atoms with E-state index >= 15 is 0 Å². The zero-order valence-electron chi connectivity index (χ0n) is 8.22. The van der Waals surface area contributed by atoms with E-state index in [1.165, 1.54) is 0 Å². The fourth-order valence-corrected chi connectivity index (χ4v) is 1.00. The predicted octanol–water partition coefficient (Wildman–Crippen LogP) is 0.555. The molecule has 0 unspecified atom stereocenters. The third-order valence-corrected chi connectivity index (χ3v) is 1.85. The first-order chi connectivity index (χ1) is 7.19. The SMILES string of the molecule is C=Cc1ccccc1OC(=O)[C@@H](N)CO. The Kier molecular flexibility index (Phi) is 4.03. The number of aliphatic hydroxyl groups is 1. The molecule has 0 amide bonds. The maximum atomic E-state index is 11.3. The van der Waals surface area contributed by atoms with Gasteiger partial charge >= 0.3 is 5.97 Å². The van der Waals surface area contributed by atoms with E-state index in [1.807, 2.05) is 0 Å². The van der Waals surface area contributed by atoms with Gasteiger partial charge in [-0.05, 0) is 6.07 Å². The number of ether oxygens (including phenoxy) is 1. The first-order valence-electron chi connectivity index (χ1n) is 4.48. The molecule has 0 aromatic heterocycles. The van der Waals surface area contributed by atoms with Crippen molar-refractivity contribution in [1.82, 2.24) is 0 Å². The third kappa shape index (κ3) is 2.90. The quantitative estimate of drug-likeness (QED) is 0.558.